The molecule has 9 heteroatoms. The van der Waals surface area contributed by atoms with E-state index in [0.717, 1.165) is 0 Å². The van der Waals surface area contributed by atoms with Crippen LogP contribution in [0.25, 0.3) is 0 Å². The number of carbonyl (C=O) groups excluding carboxylic acids is 1. The summed E-state index contributed by atoms with van der Waals surface area (Å²) in [4.78, 5) is 14.9. The average molecular weight is 432 g/mol. The van der Waals surface area contributed by atoms with Gasteiger partial charge in [-0.3, -0.25) is 4.79 Å². The molecule has 2 aliphatic heterocycles. The minimum atomic E-state index is -3.78. The van der Waals surface area contributed by atoms with Crippen LogP contribution in [0.3, 0.4) is 0 Å². The predicted octanol–water partition coefficient (Wildman–Crippen LogP) is 1.80. The van der Waals surface area contributed by atoms with E-state index in [1.165, 1.54) is 10.4 Å². The number of benzene rings is 2. The summed E-state index contributed by atoms with van der Waals surface area (Å²) in [6.07, 6.45) is 0. The number of rotatable bonds is 5. The van der Waals surface area contributed by atoms with Crippen molar-refractivity contribution in [2.45, 2.75) is 4.90 Å². The molecule has 2 saturated heterocycles. The normalized spacial score (nSPS) is 18.2. The van der Waals surface area contributed by atoms with E-state index in [2.05, 4.69) is 5.32 Å². The van der Waals surface area contributed by atoms with Crippen LogP contribution in [0.15, 0.2) is 53.4 Å². The molecular formula is C21H25N3O5S. The zero-order valence-corrected chi connectivity index (χ0v) is 17.4. The van der Waals surface area contributed by atoms with Crippen molar-refractivity contribution in [2.75, 3.05) is 62.8 Å². The van der Waals surface area contributed by atoms with Crippen LogP contribution in [0.2, 0.25) is 0 Å². The summed E-state index contributed by atoms with van der Waals surface area (Å²) in [5.74, 6) is -0.354. The number of hydrogen-bond acceptors (Lipinski definition) is 6. The predicted molar refractivity (Wildman–Crippen MR) is 113 cm³/mol. The first kappa shape index (κ1) is 20.8. The van der Waals surface area contributed by atoms with Gasteiger partial charge in [-0.1, -0.05) is 18.2 Å². The highest BCUT2D eigenvalue weighted by atomic mass is 32.2. The lowest BCUT2D eigenvalue weighted by Gasteiger charge is -2.32. The van der Waals surface area contributed by atoms with Crippen molar-refractivity contribution in [3.05, 3.63) is 54.1 Å². The quantitative estimate of drug-likeness (QED) is 0.777. The van der Waals surface area contributed by atoms with Crippen LogP contribution in [0.4, 0.5) is 11.4 Å². The zero-order valence-electron chi connectivity index (χ0n) is 16.6. The number of hydrogen-bond donors (Lipinski definition) is 1. The molecular weight excluding hydrogens is 406 g/mol. The van der Waals surface area contributed by atoms with E-state index in [9.17, 15) is 13.2 Å². The molecule has 1 N–H and O–H groups in total. The van der Waals surface area contributed by atoms with Crippen molar-refractivity contribution in [1.82, 2.24) is 4.31 Å². The Kier molecular flexibility index (Phi) is 6.33. The summed E-state index contributed by atoms with van der Waals surface area (Å²) in [6.45, 7) is 3.58. The highest BCUT2D eigenvalue weighted by Crippen LogP contribution is 2.30. The molecule has 0 aromatic heterocycles. The first-order valence-corrected chi connectivity index (χ1v) is 11.4. The van der Waals surface area contributed by atoms with Crippen LogP contribution in [0, 0.1) is 0 Å². The number of nitrogens with zero attached hydrogens (tertiary/aromatic N) is 2. The third-order valence-electron chi connectivity index (χ3n) is 5.19. The number of nitrogens with one attached hydrogen (secondary N) is 1. The lowest BCUT2D eigenvalue weighted by molar-refractivity contribution is 0.0730. The molecule has 0 spiro atoms. The lowest BCUT2D eigenvalue weighted by atomic mass is 10.1. The molecule has 30 heavy (non-hydrogen) atoms. The minimum absolute atomic E-state index is 0.145. The Morgan fingerprint density at radius 3 is 2.17 bits per heavy atom. The molecule has 0 atom stereocenters. The van der Waals surface area contributed by atoms with Crippen LogP contribution >= 0.6 is 0 Å². The Bertz CT molecular complexity index is 985. The smallest absolute Gasteiger partial charge is 0.255 e. The fraction of sp³-hybridized carbons (Fsp3) is 0.381. The van der Waals surface area contributed by atoms with Crippen molar-refractivity contribution in [2.24, 2.45) is 0 Å². The number of anilines is 2. The summed E-state index contributed by atoms with van der Waals surface area (Å²) in [7, 11) is -3.78. The van der Waals surface area contributed by atoms with Crippen molar-refractivity contribution < 1.29 is 22.7 Å². The van der Waals surface area contributed by atoms with Gasteiger partial charge in [0.25, 0.3) is 5.91 Å². The largest absolute Gasteiger partial charge is 0.379 e. The fourth-order valence-electron chi connectivity index (χ4n) is 3.58. The van der Waals surface area contributed by atoms with Crippen LogP contribution in [-0.4, -0.2) is 71.2 Å². The van der Waals surface area contributed by atoms with Gasteiger partial charge in [-0.2, -0.15) is 4.31 Å². The SMILES string of the molecule is O=C(Nc1ccccc1)c1ccc(N2CCOCC2)c(S(=O)(=O)N2CCOCC2)c1. The average Bonchev–Trinajstić information content (AvgIpc) is 2.80. The maximum absolute atomic E-state index is 13.5. The van der Waals surface area contributed by atoms with E-state index >= 15 is 0 Å². The van der Waals surface area contributed by atoms with Crippen LogP contribution < -0.4 is 10.2 Å². The molecule has 0 radical (unpaired) electrons. The van der Waals surface area contributed by atoms with Gasteiger partial charge in [0, 0.05) is 37.4 Å². The molecule has 8 nitrogen and oxygen atoms in total. The molecule has 2 heterocycles. The fourth-order valence-corrected chi connectivity index (χ4v) is 5.22. The third-order valence-corrected chi connectivity index (χ3v) is 7.12. The summed E-state index contributed by atoms with van der Waals surface area (Å²) in [5, 5.41) is 2.81. The van der Waals surface area contributed by atoms with Gasteiger partial charge in [0.05, 0.1) is 32.1 Å². The lowest BCUT2D eigenvalue weighted by Crippen LogP contribution is -2.42. The standard InChI is InChI=1S/C21H25N3O5S/c25-21(22-18-4-2-1-3-5-18)17-6-7-19(23-8-12-28-13-9-23)20(16-17)30(26,27)24-10-14-29-15-11-24/h1-7,16H,8-15H2,(H,22,25). The Labute approximate surface area is 176 Å². The van der Waals surface area contributed by atoms with E-state index < -0.39 is 10.0 Å². The summed E-state index contributed by atoms with van der Waals surface area (Å²) in [5.41, 5.74) is 1.54. The second kappa shape index (κ2) is 9.13. The second-order valence-corrected chi connectivity index (χ2v) is 9.02. The molecule has 2 aromatic carbocycles. The van der Waals surface area contributed by atoms with Crippen LogP contribution in [0.5, 0.6) is 0 Å². The van der Waals surface area contributed by atoms with Gasteiger partial charge in [-0.15, -0.1) is 0 Å². The first-order valence-electron chi connectivity index (χ1n) is 9.97. The molecule has 4 rings (SSSR count). The summed E-state index contributed by atoms with van der Waals surface area (Å²) in [6, 6.07) is 13.9. The molecule has 160 valence electrons. The van der Waals surface area contributed by atoms with Gasteiger partial charge in [0.1, 0.15) is 4.90 Å². The van der Waals surface area contributed by atoms with Gasteiger partial charge < -0.3 is 19.7 Å². The van der Waals surface area contributed by atoms with Gasteiger partial charge in [0.15, 0.2) is 0 Å². The van der Waals surface area contributed by atoms with Crippen molar-refractivity contribution in [3.63, 3.8) is 0 Å². The van der Waals surface area contributed by atoms with Crippen LogP contribution in [0.1, 0.15) is 10.4 Å². The molecule has 2 fully saturated rings. The third kappa shape index (κ3) is 4.49. The number of amides is 1. The first-order chi connectivity index (χ1) is 14.6. The van der Waals surface area contributed by atoms with Crippen molar-refractivity contribution in [3.8, 4) is 0 Å². The van der Waals surface area contributed by atoms with E-state index in [0.29, 0.717) is 69.5 Å². The monoisotopic (exact) mass is 431 g/mol. The molecule has 0 unspecified atom stereocenters. The zero-order chi connectivity index (χ0) is 21.0. The highest BCUT2D eigenvalue weighted by Gasteiger charge is 2.31. The maximum atomic E-state index is 13.5. The highest BCUT2D eigenvalue weighted by molar-refractivity contribution is 7.89. The van der Waals surface area contributed by atoms with Crippen molar-refractivity contribution >= 4 is 27.3 Å². The molecule has 2 aliphatic rings. The van der Waals surface area contributed by atoms with E-state index in [-0.39, 0.29) is 10.8 Å². The number of para-hydroxylation sites is 1. The van der Waals surface area contributed by atoms with Gasteiger partial charge in [-0.05, 0) is 30.3 Å². The number of morpholine rings is 2. The van der Waals surface area contributed by atoms with E-state index in [4.69, 9.17) is 9.47 Å². The second-order valence-electron chi connectivity index (χ2n) is 7.12. The van der Waals surface area contributed by atoms with Crippen molar-refractivity contribution in [1.29, 1.82) is 0 Å². The molecule has 1 amide bonds. The minimum Gasteiger partial charge on any atom is -0.379 e. The van der Waals surface area contributed by atoms with E-state index in [1.54, 1.807) is 24.3 Å². The number of ether oxygens (including phenoxy) is 2. The Hall–Kier alpha value is -2.46. The molecule has 2 aromatic rings. The molecule has 0 bridgehead atoms. The topological polar surface area (TPSA) is 88.2 Å². The number of sulfonamides is 1. The molecule has 0 saturated carbocycles. The Morgan fingerprint density at radius 2 is 1.50 bits per heavy atom. The van der Waals surface area contributed by atoms with Gasteiger partial charge in [0.2, 0.25) is 10.0 Å². The molecule has 0 aliphatic carbocycles. The van der Waals surface area contributed by atoms with E-state index in [1.807, 2.05) is 23.1 Å². The number of carbonyl (C=O) groups is 1. The summed E-state index contributed by atoms with van der Waals surface area (Å²) < 4.78 is 39.1. The summed E-state index contributed by atoms with van der Waals surface area (Å²) >= 11 is 0. The maximum Gasteiger partial charge on any atom is 0.255 e. The Balaban J connectivity index is 1.70. The van der Waals surface area contributed by atoms with Crippen LogP contribution in [-0.2, 0) is 19.5 Å². The Morgan fingerprint density at radius 1 is 0.867 bits per heavy atom. The van der Waals surface area contributed by atoms with Gasteiger partial charge in [-0.25, -0.2) is 8.42 Å². The van der Waals surface area contributed by atoms with Gasteiger partial charge >= 0.3 is 0 Å².